The van der Waals surface area contributed by atoms with Crippen LogP contribution in [0.15, 0.2) is 97.3 Å². The number of hydrogen-bond acceptors (Lipinski definition) is 6. The van der Waals surface area contributed by atoms with Gasteiger partial charge >= 0.3 is 0 Å². The van der Waals surface area contributed by atoms with Crippen LogP contribution in [0.25, 0.3) is 44.4 Å². The molecule has 8 heteroatoms. The lowest BCUT2D eigenvalue weighted by atomic mass is 10.0. The minimum absolute atomic E-state index is 0.389. The number of benzene rings is 2. The normalized spacial score (nSPS) is 13.4. The molecule has 0 radical (unpaired) electrons. The van der Waals surface area contributed by atoms with E-state index in [1.165, 1.54) is 25.7 Å². The van der Waals surface area contributed by atoms with Crippen LogP contribution in [-0.2, 0) is 0 Å². The molecule has 0 spiro atoms. The number of nitrogens with one attached hydrogen (secondary N) is 2. The van der Waals surface area contributed by atoms with Gasteiger partial charge in [0.25, 0.3) is 0 Å². The number of nitrogens with zero attached hydrogens (tertiary/aromatic N) is 4. The Morgan fingerprint density at radius 2 is 1.00 bits per heavy atom. The van der Waals surface area contributed by atoms with Crippen molar-refractivity contribution in [1.29, 1.82) is 10.5 Å². The summed E-state index contributed by atoms with van der Waals surface area (Å²) in [6, 6.07) is 32.1. The van der Waals surface area contributed by atoms with Gasteiger partial charge in [0.05, 0.1) is 46.7 Å². The lowest BCUT2D eigenvalue weighted by molar-refractivity contribution is 0.233. The number of rotatable bonds is 18. The second kappa shape index (κ2) is 19.5. The molecule has 6 rings (SSSR count). The second-order valence-corrected chi connectivity index (χ2v) is 14.4. The van der Waals surface area contributed by atoms with Crippen LogP contribution in [0, 0.1) is 34.5 Å². The Morgan fingerprint density at radius 1 is 0.589 bits per heavy atom. The van der Waals surface area contributed by atoms with Crippen LogP contribution in [-0.4, -0.2) is 33.1 Å². The molecular weight excluding hydrogens is 693 g/mol. The predicted octanol–water partition coefficient (Wildman–Crippen LogP) is 10.3. The Bertz CT molecular complexity index is 2210. The Morgan fingerprint density at radius 3 is 1.32 bits per heavy atom. The molecular formula is C48H52N6O2. The highest BCUT2D eigenvalue weighted by molar-refractivity contribution is 6.07. The van der Waals surface area contributed by atoms with Gasteiger partial charge in [-0.25, -0.2) is 0 Å². The molecule has 2 atom stereocenters. The number of fused-ring (bicyclic) bond motifs is 1. The fraction of sp³-hybridized carbons (Fsp3) is 0.333. The highest BCUT2D eigenvalue weighted by atomic mass is 16.5. The molecule has 2 N–H and O–H groups in total. The molecule has 8 nitrogen and oxygen atoms in total. The number of aromatic nitrogens is 4. The van der Waals surface area contributed by atoms with E-state index >= 15 is 0 Å². The first kappa shape index (κ1) is 39.6. The van der Waals surface area contributed by atoms with Gasteiger partial charge in [0.15, 0.2) is 0 Å². The molecule has 56 heavy (non-hydrogen) atoms. The van der Waals surface area contributed by atoms with Crippen LogP contribution in [0.2, 0.25) is 0 Å². The molecule has 0 saturated heterocycles. The van der Waals surface area contributed by atoms with Gasteiger partial charge in [-0.2, -0.15) is 10.5 Å². The van der Waals surface area contributed by atoms with Crippen molar-refractivity contribution >= 4 is 21.9 Å². The first-order valence-electron chi connectivity index (χ1n) is 20.1. The summed E-state index contributed by atoms with van der Waals surface area (Å²) in [7, 11) is 0. The zero-order valence-corrected chi connectivity index (χ0v) is 33.1. The lowest BCUT2D eigenvalue weighted by Gasteiger charge is -2.15. The highest BCUT2D eigenvalue weighted by Gasteiger charge is 2.23. The van der Waals surface area contributed by atoms with E-state index in [9.17, 15) is 10.5 Å². The molecule has 0 bridgehead atoms. The maximum absolute atomic E-state index is 10.7. The zero-order valence-electron chi connectivity index (χ0n) is 33.1. The second-order valence-electron chi connectivity index (χ2n) is 14.4. The van der Waals surface area contributed by atoms with Crippen LogP contribution in [0.3, 0.4) is 0 Å². The molecule has 4 aromatic heterocycles. The van der Waals surface area contributed by atoms with E-state index in [0.29, 0.717) is 58.3 Å². The minimum atomic E-state index is 0.389. The third kappa shape index (κ3) is 9.04. The van der Waals surface area contributed by atoms with Gasteiger partial charge in [-0.3, -0.25) is 9.97 Å². The molecule has 2 aromatic carbocycles. The monoisotopic (exact) mass is 744 g/mol. The summed E-state index contributed by atoms with van der Waals surface area (Å²) in [5.41, 5.74) is 5.15. The first-order chi connectivity index (χ1) is 27.5. The zero-order chi connectivity index (χ0) is 39.3. The van der Waals surface area contributed by atoms with Crippen LogP contribution in [0.4, 0.5) is 0 Å². The van der Waals surface area contributed by atoms with Gasteiger partial charge < -0.3 is 19.4 Å². The molecule has 0 amide bonds. The van der Waals surface area contributed by atoms with Crippen molar-refractivity contribution < 1.29 is 9.47 Å². The fourth-order valence-electron chi connectivity index (χ4n) is 7.22. The summed E-state index contributed by atoms with van der Waals surface area (Å²) in [4.78, 5) is 16.5. The van der Waals surface area contributed by atoms with Crippen LogP contribution in [0.1, 0.15) is 90.4 Å². The fourth-order valence-corrected chi connectivity index (χ4v) is 7.22. The quantitative estimate of drug-likeness (QED) is 0.0903. The Hall–Kier alpha value is -6.12. The van der Waals surface area contributed by atoms with Crippen molar-refractivity contribution in [1.82, 2.24) is 19.9 Å². The van der Waals surface area contributed by atoms with Gasteiger partial charge in [-0.15, -0.1) is 0 Å². The van der Waals surface area contributed by atoms with Crippen molar-refractivity contribution in [3.63, 3.8) is 0 Å². The Balaban J connectivity index is 1.56. The molecule has 2 unspecified atom stereocenters. The molecule has 0 fully saturated rings. The summed E-state index contributed by atoms with van der Waals surface area (Å²) in [6.07, 6.45) is 12.6. The number of aromatic amines is 2. The Kier molecular flexibility index (Phi) is 13.8. The average molecular weight is 745 g/mol. The lowest BCUT2D eigenvalue weighted by Crippen LogP contribution is -2.12. The third-order valence-corrected chi connectivity index (χ3v) is 10.7. The first-order valence-corrected chi connectivity index (χ1v) is 20.1. The number of H-pyrrole nitrogens is 2. The summed E-state index contributed by atoms with van der Waals surface area (Å²) in [6.45, 7) is 10.2. The van der Waals surface area contributed by atoms with Crippen LogP contribution >= 0.6 is 0 Å². The van der Waals surface area contributed by atoms with Crippen molar-refractivity contribution in [3.8, 4) is 46.2 Å². The maximum Gasteiger partial charge on any atom is 0.119 e. The maximum atomic E-state index is 10.7. The Labute approximate surface area is 330 Å². The third-order valence-electron chi connectivity index (χ3n) is 10.7. The minimum Gasteiger partial charge on any atom is -0.493 e. The molecule has 0 aliphatic carbocycles. The van der Waals surface area contributed by atoms with Gasteiger partial charge in [-0.05, 0) is 109 Å². The molecule has 0 aliphatic heterocycles. The predicted molar refractivity (Wildman–Crippen MR) is 225 cm³/mol. The number of pyridine rings is 2. The topological polar surface area (TPSA) is 123 Å². The van der Waals surface area contributed by atoms with Gasteiger partial charge in [0.2, 0.25) is 0 Å². The number of hydrogen-bond donors (Lipinski definition) is 2. The average Bonchev–Trinajstić information content (AvgIpc) is 3.82. The smallest absolute Gasteiger partial charge is 0.119 e. The van der Waals surface area contributed by atoms with Crippen molar-refractivity contribution in [3.05, 3.63) is 119 Å². The van der Waals surface area contributed by atoms with E-state index in [2.05, 4.69) is 59.8 Å². The van der Waals surface area contributed by atoms with E-state index in [1.807, 2.05) is 84.9 Å². The summed E-state index contributed by atoms with van der Waals surface area (Å²) in [5, 5.41) is 24.3. The summed E-state index contributed by atoms with van der Waals surface area (Å²) in [5.74, 6) is 2.63. The van der Waals surface area contributed by atoms with E-state index < -0.39 is 0 Å². The number of unbranched alkanes of at least 4 members (excludes halogenated alkanes) is 2. The molecule has 4 heterocycles. The number of nitriles is 2. The van der Waals surface area contributed by atoms with E-state index in [1.54, 1.807) is 12.4 Å². The van der Waals surface area contributed by atoms with Gasteiger partial charge in [0, 0.05) is 23.2 Å². The summed E-state index contributed by atoms with van der Waals surface area (Å²) < 4.78 is 12.6. The SMILES string of the molecule is CCCCC(CC)COc1ccc(-c2[nH]/c(=C(/C#N)c3ccccn3)c3c(-c4ccc(OCC(CC)CCCC)cc4)[nH]/c(=C(/C#N)c4ccccn4)c23)cc1. The largest absolute Gasteiger partial charge is 0.493 e. The van der Waals surface area contributed by atoms with Crippen LogP contribution < -0.4 is 20.2 Å². The molecule has 0 saturated carbocycles. The van der Waals surface area contributed by atoms with Crippen molar-refractivity contribution in [2.75, 3.05) is 13.2 Å². The van der Waals surface area contributed by atoms with E-state index in [0.717, 1.165) is 70.5 Å². The van der Waals surface area contributed by atoms with Gasteiger partial charge in [0.1, 0.15) is 34.8 Å². The van der Waals surface area contributed by atoms with Crippen molar-refractivity contribution in [2.45, 2.75) is 79.1 Å². The van der Waals surface area contributed by atoms with Gasteiger partial charge in [-0.1, -0.05) is 78.4 Å². The van der Waals surface area contributed by atoms with Crippen molar-refractivity contribution in [2.24, 2.45) is 11.8 Å². The number of ether oxygens (including phenoxy) is 2. The van der Waals surface area contributed by atoms with Crippen LogP contribution in [0.5, 0.6) is 11.5 Å². The highest BCUT2D eigenvalue weighted by Crippen LogP contribution is 2.33. The molecule has 6 aromatic rings. The molecule has 0 aliphatic rings. The summed E-state index contributed by atoms with van der Waals surface area (Å²) >= 11 is 0. The van der Waals surface area contributed by atoms with E-state index in [4.69, 9.17) is 9.47 Å². The standard InChI is InChI=1S/C48H52N6O2/c1-5-9-15-33(7-3)31-55-37-23-19-35(20-24-37)45-43-44(48(53-45)40(30-50)42-18-12-14-28-52-42)46(54-47(43)39(29-49)41-17-11-13-27-51-41)36-21-25-38(26-22-36)56-32-34(8-4)16-10-6-2/h11-14,17-28,33-34,53-54H,5-10,15-16,31-32H2,1-4H3/b47-39-,48-40-. The molecule has 286 valence electrons. The van der Waals surface area contributed by atoms with E-state index in [-0.39, 0.29) is 0 Å².